The third kappa shape index (κ3) is 2.53. The molecule has 2 rings (SSSR count). The Balaban J connectivity index is 2.40. The van der Waals surface area contributed by atoms with Gasteiger partial charge in [-0.2, -0.15) is 4.98 Å². The van der Waals surface area contributed by atoms with Crippen molar-refractivity contribution in [2.45, 2.75) is 19.4 Å². The third-order valence-corrected chi connectivity index (χ3v) is 3.06. The summed E-state index contributed by atoms with van der Waals surface area (Å²) in [6.45, 7) is 1.93. The van der Waals surface area contributed by atoms with Crippen LogP contribution >= 0.6 is 15.9 Å². The summed E-state index contributed by atoms with van der Waals surface area (Å²) >= 11 is 3.30. The highest BCUT2D eigenvalue weighted by Crippen LogP contribution is 2.28. The van der Waals surface area contributed by atoms with Gasteiger partial charge in [0.2, 0.25) is 0 Å². The van der Waals surface area contributed by atoms with Gasteiger partial charge in [-0.1, -0.05) is 12.1 Å². The van der Waals surface area contributed by atoms with E-state index in [1.165, 1.54) is 12.1 Å². The number of rotatable bonds is 3. The van der Waals surface area contributed by atoms with Gasteiger partial charge in [0, 0.05) is 4.47 Å². The molecule has 1 aromatic carbocycles. The number of nitrogens with zero attached hydrogens (tertiary/aromatic N) is 2. The second-order valence-corrected chi connectivity index (χ2v) is 4.45. The molecule has 2 aromatic rings. The molecule has 0 saturated heterocycles. The average molecular weight is 300 g/mol. The quantitative estimate of drug-likeness (QED) is 0.946. The van der Waals surface area contributed by atoms with Crippen molar-refractivity contribution in [2.24, 2.45) is 5.73 Å². The van der Waals surface area contributed by atoms with Crippen molar-refractivity contribution in [3.05, 3.63) is 34.3 Å². The average Bonchev–Trinajstić information content (AvgIpc) is 2.80. The smallest absolute Gasteiger partial charge is 0.259 e. The fraction of sp³-hybridized carbons (Fsp3) is 0.273. The molecule has 1 unspecified atom stereocenters. The first kappa shape index (κ1) is 12.2. The Morgan fingerprint density at radius 3 is 3.00 bits per heavy atom. The van der Waals surface area contributed by atoms with E-state index >= 15 is 0 Å². The Kier molecular flexibility index (Phi) is 3.54. The molecule has 6 heteroatoms. The zero-order valence-corrected chi connectivity index (χ0v) is 10.7. The van der Waals surface area contributed by atoms with E-state index in [2.05, 4.69) is 26.1 Å². The van der Waals surface area contributed by atoms with Crippen molar-refractivity contribution < 1.29 is 8.91 Å². The molecule has 90 valence electrons. The largest absolute Gasteiger partial charge is 0.334 e. The molecule has 2 N–H and O–H groups in total. The van der Waals surface area contributed by atoms with Crippen LogP contribution in [0.15, 0.2) is 27.2 Å². The van der Waals surface area contributed by atoms with Crippen LogP contribution < -0.4 is 5.73 Å². The summed E-state index contributed by atoms with van der Waals surface area (Å²) in [5.74, 6) is 0.330. The molecular formula is C11H11BrFN3O. The van der Waals surface area contributed by atoms with Crippen LogP contribution in [-0.2, 0) is 0 Å². The first-order valence-corrected chi connectivity index (χ1v) is 5.95. The van der Waals surface area contributed by atoms with Crippen LogP contribution in [0.5, 0.6) is 0 Å². The molecule has 1 aromatic heterocycles. The van der Waals surface area contributed by atoms with Gasteiger partial charge in [-0.05, 0) is 40.5 Å². The number of aromatic nitrogens is 2. The van der Waals surface area contributed by atoms with Crippen LogP contribution in [0.1, 0.15) is 25.2 Å². The summed E-state index contributed by atoms with van der Waals surface area (Å²) < 4.78 is 18.9. The third-order valence-electron chi connectivity index (χ3n) is 2.37. The zero-order chi connectivity index (χ0) is 12.4. The van der Waals surface area contributed by atoms with Crippen LogP contribution in [0.3, 0.4) is 0 Å². The Hall–Kier alpha value is -1.27. The molecule has 1 heterocycles. The molecule has 4 nitrogen and oxygen atoms in total. The van der Waals surface area contributed by atoms with Crippen LogP contribution in [0.4, 0.5) is 4.39 Å². The number of hydrogen-bond acceptors (Lipinski definition) is 4. The van der Waals surface area contributed by atoms with E-state index in [1.54, 1.807) is 6.07 Å². The summed E-state index contributed by atoms with van der Waals surface area (Å²) in [6.07, 6.45) is 0.712. The van der Waals surface area contributed by atoms with Gasteiger partial charge in [-0.15, -0.1) is 0 Å². The summed E-state index contributed by atoms with van der Waals surface area (Å²) in [6, 6.07) is 4.01. The highest BCUT2D eigenvalue weighted by molar-refractivity contribution is 9.10. The van der Waals surface area contributed by atoms with Gasteiger partial charge in [0.25, 0.3) is 5.89 Å². The van der Waals surface area contributed by atoms with E-state index in [0.717, 1.165) is 0 Å². The molecule has 0 aliphatic rings. The normalized spacial score (nSPS) is 12.7. The Morgan fingerprint density at radius 2 is 2.29 bits per heavy atom. The summed E-state index contributed by atoms with van der Waals surface area (Å²) in [4.78, 5) is 4.15. The van der Waals surface area contributed by atoms with E-state index < -0.39 is 0 Å². The number of hydrogen-bond donors (Lipinski definition) is 1. The first-order valence-electron chi connectivity index (χ1n) is 5.16. The van der Waals surface area contributed by atoms with E-state index in [4.69, 9.17) is 10.3 Å². The molecule has 0 radical (unpaired) electrons. The predicted octanol–water partition coefficient (Wildman–Crippen LogP) is 3.05. The minimum atomic E-state index is -0.359. The van der Waals surface area contributed by atoms with Crippen molar-refractivity contribution in [3.8, 4) is 11.5 Å². The zero-order valence-electron chi connectivity index (χ0n) is 9.15. The van der Waals surface area contributed by atoms with Crippen molar-refractivity contribution >= 4 is 15.9 Å². The number of benzene rings is 1. The molecule has 0 saturated carbocycles. The Labute approximate surface area is 106 Å². The topological polar surface area (TPSA) is 64.9 Å². The predicted molar refractivity (Wildman–Crippen MR) is 64.6 cm³/mol. The lowest BCUT2D eigenvalue weighted by molar-refractivity contribution is 0.414. The van der Waals surface area contributed by atoms with E-state index in [1.807, 2.05) is 6.92 Å². The standard InChI is InChI=1S/C11H11BrFN3O/c1-2-9(14)10-15-11(17-16-10)7-5-6(13)3-4-8(7)12/h3-5,9H,2,14H2,1H3. The van der Waals surface area contributed by atoms with Crippen LogP contribution in [0.25, 0.3) is 11.5 Å². The molecule has 1 atom stereocenters. The molecule has 0 aliphatic carbocycles. The van der Waals surface area contributed by atoms with Gasteiger partial charge in [-0.25, -0.2) is 4.39 Å². The van der Waals surface area contributed by atoms with Gasteiger partial charge >= 0.3 is 0 Å². The fourth-order valence-electron chi connectivity index (χ4n) is 1.34. The highest BCUT2D eigenvalue weighted by Gasteiger charge is 2.16. The van der Waals surface area contributed by atoms with Gasteiger partial charge in [-0.3, -0.25) is 0 Å². The maximum atomic E-state index is 13.1. The Morgan fingerprint density at radius 1 is 1.53 bits per heavy atom. The lowest BCUT2D eigenvalue weighted by Crippen LogP contribution is -2.10. The molecule has 0 fully saturated rings. The van der Waals surface area contributed by atoms with E-state index in [0.29, 0.717) is 22.3 Å². The maximum absolute atomic E-state index is 13.1. The second kappa shape index (κ2) is 4.93. The minimum Gasteiger partial charge on any atom is -0.334 e. The molecule has 0 spiro atoms. The molecular weight excluding hydrogens is 289 g/mol. The summed E-state index contributed by atoms with van der Waals surface area (Å²) in [5, 5.41) is 3.78. The van der Waals surface area contributed by atoms with Gasteiger partial charge in [0.15, 0.2) is 5.82 Å². The Bertz CT molecular complexity index is 529. The van der Waals surface area contributed by atoms with Gasteiger partial charge in [0.05, 0.1) is 11.6 Å². The second-order valence-electron chi connectivity index (χ2n) is 3.60. The summed E-state index contributed by atoms with van der Waals surface area (Å²) in [5.41, 5.74) is 6.30. The molecule has 0 bridgehead atoms. The van der Waals surface area contributed by atoms with E-state index in [9.17, 15) is 4.39 Å². The SMILES string of the molecule is CCC(N)c1noc(-c2cc(F)ccc2Br)n1. The minimum absolute atomic E-state index is 0.260. The van der Waals surface area contributed by atoms with Crippen molar-refractivity contribution in [2.75, 3.05) is 0 Å². The van der Waals surface area contributed by atoms with Crippen molar-refractivity contribution in [1.82, 2.24) is 10.1 Å². The maximum Gasteiger partial charge on any atom is 0.259 e. The highest BCUT2D eigenvalue weighted by atomic mass is 79.9. The van der Waals surface area contributed by atoms with Crippen molar-refractivity contribution in [3.63, 3.8) is 0 Å². The fourth-order valence-corrected chi connectivity index (χ4v) is 1.76. The molecule has 0 amide bonds. The van der Waals surface area contributed by atoms with Crippen LogP contribution in [0, 0.1) is 5.82 Å². The van der Waals surface area contributed by atoms with E-state index in [-0.39, 0.29) is 17.7 Å². The monoisotopic (exact) mass is 299 g/mol. The lowest BCUT2D eigenvalue weighted by atomic mass is 10.2. The number of nitrogens with two attached hydrogens (primary N) is 1. The van der Waals surface area contributed by atoms with Gasteiger partial charge in [0.1, 0.15) is 5.82 Å². The van der Waals surface area contributed by atoms with Crippen LogP contribution in [-0.4, -0.2) is 10.1 Å². The first-order chi connectivity index (χ1) is 8.11. The molecule has 0 aliphatic heterocycles. The van der Waals surface area contributed by atoms with Crippen molar-refractivity contribution in [1.29, 1.82) is 0 Å². The summed E-state index contributed by atoms with van der Waals surface area (Å²) in [7, 11) is 0. The van der Waals surface area contributed by atoms with Crippen LogP contribution in [0.2, 0.25) is 0 Å². The lowest BCUT2D eigenvalue weighted by Gasteiger charge is -2.00. The van der Waals surface area contributed by atoms with Gasteiger partial charge < -0.3 is 10.3 Å². The molecule has 17 heavy (non-hydrogen) atoms. The number of halogens is 2.